The molecule has 148 valence electrons. The predicted molar refractivity (Wildman–Crippen MR) is 124 cm³/mol. The number of anilines is 1. The molecule has 1 aliphatic rings. The summed E-state index contributed by atoms with van der Waals surface area (Å²) in [6.07, 6.45) is 0.880. The van der Waals surface area contributed by atoms with Gasteiger partial charge in [0.25, 0.3) is 0 Å². The van der Waals surface area contributed by atoms with Crippen molar-refractivity contribution in [1.82, 2.24) is 4.57 Å². The molecule has 1 aliphatic heterocycles. The van der Waals surface area contributed by atoms with Gasteiger partial charge in [-0.15, -0.1) is 24.0 Å². The number of ether oxygens (including phenoxy) is 2. The number of halogens is 1. The molecule has 3 N–H and O–H groups in total. The lowest BCUT2D eigenvalue weighted by atomic mass is 10.1. The second-order valence-corrected chi connectivity index (χ2v) is 6.69. The molecule has 4 rings (SSSR count). The number of nitrogens with two attached hydrogens (primary N) is 1. The molecule has 0 aliphatic carbocycles. The largest absolute Gasteiger partial charge is 0.490 e. The summed E-state index contributed by atoms with van der Waals surface area (Å²) in [5.41, 5.74) is 10.5. The number of hydrogen-bond acceptors (Lipinski definition) is 3. The van der Waals surface area contributed by atoms with E-state index in [4.69, 9.17) is 15.2 Å². The van der Waals surface area contributed by atoms with Crippen LogP contribution in [0.2, 0.25) is 0 Å². The summed E-state index contributed by atoms with van der Waals surface area (Å²) in [5.74, 6) is 1.86. The van der Waals surface area contributed by atoms with Gasteiger partial charge in [-0.1, -0.05) is 18.2 Å². The summed E-state index contributed by atoms with van der Waals surface area (Å²) in [6, 6.07) is 14.1. The average Bonchev–Trinajstić information content (AvgIpc) is 2.82. The molecule has 2 heterocycles. The van der Waals surface area contributed by atoms with Gasteiger partial charge in [-0.2, -0.15) is 0 Å². The molecule has 7 heteroatoms. The topological polar surface area (TPSA) is 73.8 Å². The van der Waals surface area contributed by atoms with Crippen LogP contribution < -0.4 is 20.5 Å². The van der Waals surface area contributed by atoms with Crippen molar-refractivity contribution in [2.75, 3.05) is 18.5 Å². The van der Waals surface area contributed by atoms with Gasteiger partial charge in [-0.25, -0.2) is 4.99 Å². The molecule has 0 spiro atoms. The maximum Gasteiger partial charge on any atom is 0.193 e. The molecule has 0 fully saturated rings. The zero-order valence-electron chi connectivity index (χ0n) is 16.1. The van der Waals surface area contributed by atoms with Gasteiger partial charge in [0.2, 0.25) is 0 Å². The maximum atomic E-state index is 6.11. The first-order valence-electron chi connectivity index (χ1n) is 9.13. The molecular formula is C21H25IN4O2. The fraction of sp³-hybridized carbons (Fsp3) is 0.286. The third kappa shape index (κ3) is 4.04. The molecule has 1 aromatic heterocycles. The Morgan fingerprint density at radius 2 is 1.89 bits per heavy atom. The Bertz CT molecular complexity index is 974. The van der Waals surface area contributed by atoms with Crippen LogP contribution in [-0.4, -0.2) is 23.7 Å². The number of hydrogen-bond donors (Lipinski definition) is 2. The van der Waals surface area contributed by atoms with E-state index in [0.29, 0.717) is 25.7 Å². The summed E-state index contributed by atoms with van der Waals surface area (Å²) < 4.78 is 13.5. The molecule has 0 radical (unpaired) electrons. The Balaban J connectivity index is 0.00000225. The van der Waals surface area contributed by atoms with Crippen LogP contribution in [0.3, 0.4) is 0 Å². The van der Waals surface area contributed by atoms with Crippen LogP contribution in [0.25, 0.3) is 10.9 Å². The number of aryl methyl sites for hydroxylation is 2. The lowest BCUT2D eigenvalue weighted by molar-refractivity contribution is 0.297. The Hall–Kier alpha value is -2.42. The fourth-order valence-electron chi connectivity index (χ4n) is 3.45. The van der Waals surface area contributed by atoms with E-state index in [1.54, 1.807) is 0 Å². The SMILES string of the molecule is Cc1c(CN=C(N)Nc2ccc3c(c2)OCCCO3)n(C)c2ccccc12.I. The van der Waals surface area contributed by atoms with E-state index < -0.39 is 0 Å². The lowest BCUT2D eigenvalue weighted by Crippen LogP contribution is -2.22. The van der Waals surface area contributed by atoms with Crippen molar-refractivity contribution in [3.63, 3.8) is 0 Å². The molecule has 0 saturated heterocycles. The molecule has 0 saturated carbocycles. The minimum atomic E-state index is 0. The van der Waals surface area contributed by atoms with Crippen LogP contribution in [0.5, 0.6) is 11.5 Å². The summed E-state index contributed by atoms with van der Waals surface area (Å²) in [6.45, 7) is 3.97. The van der Waals surface area contributed by atoms with Gasteiger partial charge in [0.15, 0.2) is 17.5 Å². The van der Waals surface area contributed by atoms with E-state index in [9.17, 15) is 0 Å². The van der Waals surface area contributed by atoms with Crippen LogP contribution >= 0.6 is 24.0 Å². The zero-order chi connectivity index (χ0) is 18.8. The second kappa shape index (κ2) is 8.72. The number of aliphatic imine (C=N–C) groups is 1. The number of benzene rings is 2. The van der Waals surface area contributed by atoms with Crippen LogP contribution in [0, 0.1) is 6.92 Å². The van der Waals surface area contributed by atoms with Crippen molar-refractivity contribution in [1.29, 1.82) is 0 Å². The third-order valence-electron chi connectivity index (χ3n) is 4.93. The molecule has 0 atom stereocenters. The Labute approximate surface area is 181 Å². The molecule has 0 unspecified atom stereocenters. The predicted octanol–water partition coefficient (Wildman–Crippen LogP) is 4.19. The van der Waals surface area contributed by atoms with Crippen molar-refractivity contribution in [2.24, 2.45) is 17.8 Å². The Morgan fingerprint density at radius 3 is 2.68 bits per heavy atom. The van der Waals surface area contributed by atoms with E-state index in [0.717, 1.165) is 29.3 Å². The quantitative estimate of drug-likeness (QED) is 0.327. The highest BCUT2D eigenvalue weighted by molar-refractivity contribution is 14.0. The molecular weight excluding hydrogens is 467 g/mol. The van der Waals surface area contributed by atoms with Gasteiger partial charge in [0, 0.05) is 41.8 Å². The summed E-state index contributed by atoms with van der Waals surface area (Å²) >= 11 is 0. The smallest absolute Gasteiger partial charge is 0.193 e. The summed E-state index contributed by atoms with van der Waals surface area (Å²) in [7, 11) is 2.06. The van der Waals surface area contributed by atoms with Crippen molar-refractivity contribution in [2.45, 2.75) is 19.9 Å². The Morgan fingerprint density at radius 1 is 1.14 bits per heavy atom. The van der Waals surface area contributed by atoms with Gasteiger partial charge in [0.1, 0.15) is 0 Å². The van der Waals surface area contributed by atoms with Crippen LogP contribution in [-0.2, 0) is 13.6 Å². The van der Waals surface area contributed by atoms with Crippen LogP contribution in [0.4, 0.5) is 5.69 Å². The van der Waals surface area contributed by atoms with Crippen molar-refractivity contribution < 1.29 is 9.47 Å². The second-order valence-electron chi connectivity index (χ2n) is 6.69. The van der Waals surface area contributed by atoms with Gasteiger partial charge < -0.3 is 25.1 Å². The van der Waals surface area contributed by atoms with Gasteiger partial charge in [-0.3, -0.25) is 0 Å². The first kappa shape index (κ1) is 20.3. The number of guanidine groups is 1. The van der Waals surface area contributed by atoms with Crippen molar-refractivity contribution >= 4 is 46.5 Å². The summed E-state index contributed by atoms with van der Waals surface area (Å²) in [4.78, 5) is 4.53. The van der Waals surface area contributed by atoms with E-state index in [-0.39, 0.29) is 24.0 Å². The third-order valence-corrected chi connectivity index (χ3v) is 4.93. The van der Waals surface area contributed by atoms with Crippen molar-refractivity contribution in [3.8, 4) is 11.5 Å². The number of nitrogens with zero attached hydrogens (tertiary/aromatic N) is 2. The van der Waals surface area contributed by atoms with E-state index >= 15 is 0 Å². The molecule has 28 heavy (non-hydrogen) atoms. The first-order chi connectivity index (χ1) is 13.1. The number of aromatic nitrogens is 1. The number of nitrogens with one attached hydrogen (secondary N) is 1. The van der Waals surface area contributed by atoms with Crippen LogP contribution in [0.15, 0.2) is 47.5 Å². The normalized spacial score (nSPS) is 13.7. The van der Waals surface area contributed by atoms with E-state index in [2.05, 4.69) is 53.1 Å². The Kier molecular flexibility index (Phi) is 6.33. The highest BCUT2D eigenvalue weighted by Gasteiger charge is 2.12. The first-order valence-corrected chi connectivity index (χ1v) is 9.13. The maximum absolute atomic E-state index is 6.11. The number of fused-ring (bicyclic) bond motifs is 2. The highest BCUT2D eigenvalue weighted by atomic mass is 127. The number of para-hydroxylation sites is 1. The monoisotopic (exact) mass is 492 g/mol. The van der Waals surface area contributed by atoms with E-state index in [1.807, 2.05) is 18.2 Å². The minimum Gasteiger partial charge on any atom is -0.490 e. The van der Waals surface area contributed by atoms with E-state index in [1.165, 1.54) is 16.5 Å². The molecule has 0 amide bonds. The highest BCUT2D eigenvalue weighted by Crippen LogP contribution is 2.32. The van der Waals surface area contributed by atoms with Crippen molar-refractivity contribution in [3.05, 3.63) is 53.7 Å². The lowest BCUT2D eigenvalue weighted by Gasteiger charge is -2.11. The van der Waals surface area contributed by atoms with Crippen LogP contribution in [0.1, 0.15) is 17.7 Å². The molecule has 3 aromatic rings. The number of rotatable bonds is 3. The molecule has 2 aromatic carbocycles. The van der Waals surface area contributed by atoms with Gasteiger partial charge in [-0.05, 0) is 30.7 Å². The van der Waals surface area contributed by atoms with Gasteiger partial charge >= 0.3 is 0 Å². The fourth-order valence-corrected chi connectivity index (χ4v) is 3.45. The van der Waals surface area contributed by atoms with Gasteiger partial charge in [0.05, 0.1) is 19.8 Å². The molecule has 6 nitrogen and oxygen atoms in total. The standard InChI is InChI=1S/C21H24N4O2.HI/c1-14-16-6-3-4-7-17(16)25(2)18(14)13-23-21(22)24-15-8-9-19-20(12-15)27-11-5-10-26-19;/h3-4,6-9,12H,5,10-11,13H2,1-2H3,(H3,22,23,24);1H. The average molecular weight is 492 g/mol. The molecule has 0 bridgehead atoms. The summed E-state index contributed by atoms with van der Waals surface area (Å²) in [5, 5.41) is 4.39. The zero-order valence-corrected chi connectivity index (χ0v) is 18.4. The minimum absolute atomic E-state index is 0.